The molecule has 0 aliphatic heterocycles. The molecule has 0 saturated carbocycles. The number of hydrogen-bond donors (Lipinski definition) is 2. The number of nitrogens with one attached hydrogen (secondary N) is 2. The molecule has 2 rings (SSSR count). The van der Waals surface area contributed by atoms with Crippen LogP contribution in [0.3, 0.4) is 0 Å². The van der Waals surface area contributed by atoms with Gasteiger partial charge in [-0.3, -0.25) is 4.79 Å². The van der Waals surface area contributed by atoms with Gasteiger partial charge in [-0.25, -0.2) is 9.97 Å². The Labute approximate surface area is 118 Å². The average Bonchev–Trinajstić information content (AvgIpc) is 2.70. The van der Waals surface area contributed by atoms with Crippen LogP contribution in [0.5, 0.6) is 0 Å². The Kier molecular flexibility index (Phi) is 3.65. The summed E-state index contributed by atoms with van der Waals surface area (Å²) in [6.07, 6.45) is 3.44. The molecule has 6 heteroatoms. The van der Waals surface area contributed by atoms with E-state index in [4.69, 9.17) is 0 Å². The summed E-state index contributed by atoms with van der Waals surface area (Å²) in [6.45, 7) is 7.67. The first-order valence-corrected chi connectivity index (χ1v) is 6.62. The highest BCUT2D eigenvalue weighted by Crippen LogP contribution is 2.19. The Morgan fingerprint density at radius 2 is 2.05 bits per heavy atom. The third-order valence-corrected chi connectivity index (χ3v) is 2.89. The maximum absolute atomic E-state index is 12.1. The Hall–Kier alpha value is -2.11. The molecular weight excluding hydrogens is 254 g/mol. The van der Waals surface area contributed by atoms with Gasteiger partial charge in [0.05, 0.1) is 11.8 Å². The minimum absolute atomic E-state index is 0.0627. The lowest BCUT2D eigenvalue weighted by atomic mass is 10.1. The molecule has 0 aliphatic carbocycles. The lowest BCUT2D eigenvalue weighted by Gasteiger charge is -2.23. The second kappa shape index (κ2) is 5.11. The first-order valence-electron chi connectivity index (χ1n) is 6.62. The minimum Gasteiger partial charge on any atom is -0.357 e. The molecule has 0 spiro atoms. The maximum Gasteiger partial charge on any atom is 0.242 e. The summed E-state index contributed by atoms with van der Waals surface area (Å²) in [5.74, 6) is 0.562. The first kappa shape index (κ1) is 14.3. The second-order valence-electron chi connectivity index (χ2n) is 5.99. The SMILES string of the molecule is CC(Nc1nccc2c1ncn2C)C(=O)NC(C)(C)C. The van der Waals surface area contributed by atoms with E-state index in [0.29, 0.717) is 5.82 Å². The molecule has 1 amide bonds. The van der Waals surface area contributed by atoms with Gasteiger partial charge in [0.15, 0.2) is 5.82 Å². The maximum atomic E-state index is 12.1. The molecule has 0 radical (unpaired) electrons. The zero-order chi connectivity index (χ0) is 14.9. The van der Waals surface area contributed by atoms with Gasteiger partial charge in [-0.1, -0.05) is 0 Å². The number of hydrogen-bond acceptors (Lipinski definition) is 4. The van der Waals surface area contributed by atoms with Crippen molar-refractivity contribution in [2.24, 2.45) is 7.05 Å². The highest BCUT2D eigenvalue weighted by Gasteiger charge is 2.20. The molecule has 2 aromatic heterocycles. The van der Waals surface area contributed by atoms with Crippen molar-refractivity contribution in [1.82, 2.24) is 19.9 Å². The molecule has 0 aromatic carbocycles. The van der Waals surface area contributed by atoms with Crippen LogP contribution in [0.1, 0.15) is 27.7 Å². The van der Waals surface area contributed by atoms with Crippen molar-refractivity contribution in [1.29, 1.82) is 0 Å². The van der Waals surface area contributed by atoms with E-state index in [1.165, 1.54) is 0 Å². The number of nitrogens with zero attached hydrogens (tertiary/aromatic N) is 3. The fourth-order valence-electron chi connectivity index (χ4n) is 1.92. The monoisotopic (exact) mass is 275 g/mol. The van der Waals surface area contributed by atoms with Gasteiger partial charge in [0, 0.05) is 18.8 Å². The zero-order valence-corrected chi connectivity index (χ0v) is 12.6. The number of anilines is 1. The minimum atomic E-state index is -0.380. The number of pyridine rings is 1. The van der Waals surface area contributed by atoms with Crippen molar-refractivity contribution in [3.63, 3.8) is 0 Å². The molecule has 0 aliphatic rings. The smallest absolute Gasteiger partial charge is 0.242 e. The van der Waals surface area contributed by atoms with E-state index in [-0.39, 0.29) is 17.5 Å². The highest BCUT2D eigenvalue weighted by atomic mass is 16.2. The van der Waals surface area contributed by atoms with Crippen molar-refractivity contribution < 1.29 is 4.79 Å². The van der Waals surface area contributed by atoms with E-state index in [1.807, 2.05) is 45.4 Å². The zero-order valence-electron chi connectivity index (χ0n) is 12.6. The predicted octanol–water partition coefficient (Wildman–Crippen LogP) is 1.68. The molecule has 20 heavy (non-hydrogen) atoms. The number of imidazole rings is 1. The molecular formula is C14H21N5O. The number of rotatable bonds is 3. The summed E-state index contributed by atoms with van der Waals surface area (Å²) in [7, 11) is 1.93. The van der Waals surface area contributed by atoms with Crippen LogP contribution in [0.25, 0.3) is 11.0 Å². The predicted molar refractivity (Wildman–Crippen MR) is 79.5 cm³/mol. The van der Waals surface area contributed by atoms with Crippen LogP contribution >= 0.6 is 0 Å². The molecule has 0 fully saturated rings. The molecule has 108 valence electrons. The van der Waals surface area contributed by atoms with Crippen molar-refractivity contribution in [3.8, 4) is 0 Å². The standard InChI is InChI=1S/C14H21N5O/c1-9(13(20)18-14(2,3)4)17-12-11-10(6-7-15-12)19(5)8-16-11/h6-9H,1-5H3,(H,15,17)(H,18,20). The van der Waals surface area contributed by atoms with E-state index in [9.17, 15) is 4.79 Å². The molecule has 1 unspecified atom stereocenters. The normalized spacial score (nSPS) is 13.2. The summed E-state index contributed by atoms with van der Waals surface area (Å²) in [6, 6.07) is 1.52. The summed E-state index contributed by atoms with van der Waals surface area (Å²) in [5.41, 5.74) is 1.49. The Morgan fingerprint density at radius 3 is 2.70 bits per heavy atom. The molecule has 2 N–H and O–H groups in total. The first-order chi connectivity index (χ1) is 9.28. The largest absolute Gasteiger partial charge is 0.357 e. The number of amides is 1. The summed E-state index contributed by atoms with van der Waals surface area (Å²) >= 11 is 0. The van der Waals surface area contributed by atoms with Gasteiger partial charge in [0.25, 0.3) is 0 Å². The second-order valence-corrected chi connectivity index (χ2v) is 5.99. The van der Waals surface area contributed by atoms with Gasteiger partial charge < -0.3 is 15.2 Å². The molecule has 2 heterocycles. The fourth-order valence-corrected chi connectivity index (χ4v) is 1.92. The van der Waals surface area contributed by atoms with Gasteiger partial charge >= 0.3 is 0 Å². The number of carbonyl (C=O) groups is 1. The van der Waals surface area contributed by atoms with Crippen molar-refractivity contribution in [2.45, 2.75) is 39.3 Å². The third kappa shape index (κ3) is 3.07. The highest BCUT2D eigenvalue weighted by molar-refractivity contribution is 5.90. The molecule has 0 saturated heterocycles. The number of aryl methyl sites for hydroxylation is 1. The molecule has 2 aromatic rings. The fraction of sp³-hybridized carbons (Fsp3) is 0.500. The van der Waals surface area contributed by atoms with Crippen molar-refractivity contribution in [2.75, 3.05) is 5.32 Å². The Morgan fingerprint density at radius 1 is 1.35 bits per heavy atom. The molecule has 1 atom stereocenters. The van der Waals surface area contributed by atoms with Crippen LogP contribution < -0.4 is 10.6 Å². The third-order valence-electron chi connectivity index (χ3n) is 2.89. The summed E-state index contributed by atoms with van der Waals surface area (Å²) in [4.78, 5) is 20.7. The van der Waals surface area contributed by atoms with E-state index in [2.05, 4.69) is 20.6 Å². The van der Waals surface area contributed by atoms with Crippen LogP contribution in [0.4, 0.5) is 5.82 Å². The number of aromatic nitrogens is 3. The lowest BCUT2D eigenvalue weighted by Crippen LogP contribution is -2.47. The van der Waals surface area contributed by atoms with Gasteiger partial charge in [-0.05, 0) is 33.8 Å². The lowest BCUT2D eigenvalue weighted by molar-refractivity contribution is -0.122. The van der Waals surface area contributed by atoms with Crippen molar-refractivity contribution in [3.05, 3.63) is 18.6 Å². The van der Waals surface area contributed by atoms with Crippen LogP contribution in [0.15, 0.2) is 18.6 Å². The van der Waals surface area contributed by atoms with E-state index in [1.54, 1.807) is 12.5 Å². The van der Waals surface area contributed by atoms with E-state index < -0.39 is 0 Å². The van der Waals surface area contributed by atoms with Crippen LogP contribution in [-0.2, 0) is 11.8 Å². The number of fused-ring (bicyclic) bond motifs is 1. The van der Waals surface area contributed by atoms with Gasteiger partial charge in [-0.2, -0.15) is 0 Å². The molecule has 0 bridgehead atoms. The number of carbonyl (C=O) groups excluding carboxylic acids is 1. The Bertz CT molecular complexity index is 626. The van der Waals surface area contributed by atoms with Crippen LogP contribution in [-0.4, -0.2) is 32.0 Å². The quantitative estimate of drug-likeness (QED) is 0.894. The van der Waals surface area contributed by atoms with Crippen LogP contribution in [0.2, 0.25) is 0 Å². The van der Waals surface area contributed by atoms with Crippen LogP contribution in [0, 0.1) is 0 Å². The van der Waals surface area contributed by atoms with E-state index >= 15 is 0 Å². The van der Waals surface area contributed by atoms with Gasteiger partial charge in [0.1, 0.15) is 11.6 Å². The summed E-state index contributed by atoms with van der Waals surface area (Å²) < 4.78 is 1.92. The summed E-state index contributed by atoms with van der Waals surface area (Å²) in [5, 5.41) is 6.06. The van der Waals surface area contributed by atoms with Gasteiger partial charge in [0.2, 0.25) is 5.91 Å². The Balaban J connectivity index is 2.18. The average molecular weight is 275 g/mol. The molecule has 6 nitrogen and oxygen atoms in total. The van der Waals surface area contributed by atoms with Crippen molar-refractivity contribution >= 4 is 22.8 Å². The van der Waals surface area contributed by atoms with Gasteiger partial charge in [-0.15, -0.1) is 0 Å². The van der Waals surface area contributed by atoms with E-state index in [0.717, 1.165) is 11.0 Å². The topological polar surface area (TPSA) is 71.8 Å².